The van der Waals surface area contributed by atoms with Crippen molar-refractivity contribution in [1.29, 1.82) is 0 Å². The summed E-state index contributed by atoms with van der Waals surface area (Å²) in [5.74, 6) is 0.961. The van der Waals surface area contributed by atoms with Crippen LogP contribution in [0, 0.1) is 6.92 Å². The van der Waals surface area contributed by atoms with Crippen molar-refractivity contribution in [2.24, 2.45) is 5.10 Å². The predicted octanol–water partition coefficient (Wildman–Crippen LogP) is 1.47. The third-order valence-electron chi connectivity index (χ3n) is 5.19. The van der Waals surface area contributed by atoms with Crippen LogP contribution in [0.1, 0.15) is 11.1 Å². The number of ether oxygens (including phenoxy) is 2. The van der Waals surface area contributed by atoms with Crippen molar-refractivity contribution in [3.63, 3.8) is 0 Å². The molecule has 1 saturated heterocycles. The number of carbonyl (C=O) groups is 1. The number of piperazine rings is 1. The molecule has 1 amide bonds. The first-order chi connectivity index (χ1) is 15.3. The van der Waals surface area contributed by atoms with E-state index in [1.54, 1.807) is 56.7 Å². The standard InChI is InChI=1S/C22H28N4O5S/c1-17-4-8-20(9-5-17)32(28,29)26-12-10-25(11-13-26)16-22(27)24-23-15-18-6-7-19(30-2)14-21(18)31-3/h4-9,14-15H,10-13,16H2,1-3H3,(H,24,27). The normalized spacial score (nSPS) is 15.6. The molecule has 2 aromatic carbocycles. The maximum absolute atomic E-state index is 12.8. The third kappa shape index (κ3) is 5.84. The minimum atomic E-state index is -3.53. The van der Waals surface area contributed by atoms with Crippen LogP contribution in [0.4, 0.5) is 0 Å². The van der Waals surface area contributed by atoms with Gasteiger partial charge in [0.2, 0.25) is 10.0 Å². The molecule has 0 spiro atoms. The van der Waals surface area contributed by atoms with E-state index in [9.17, 15) is 13.2 Å². The zero-order chi connectivity index (χ0) is 23.1. The average Bonchev–Trinajstić information content (AvgIpc) is 2.80. The Morgan fingerprint density at radius 1 is 1.06 bits per heavy atom. The van der Waals surface area contributed by atoms with Gasteiger partial charge in [-0.3, -0.25) is 9.69 Å². The number of amides is 1. The van der Waals surface area contributed by atoms with Gasteiger partial charge >= 0.3 is 0 Å². The Labute approximate surface area is 188 Å². The molecule has 10 heteroatoms. The smallest absolute Gasteiger partial charge is 0.254 e. The third-order valence-corrected chi connectivity index (χ3v) is 7.10. The highest BCUT2D eigenvalue weighted by atomic mass is 32.2. The molecule has 1 aliphatic heterocycles. The first-order valence-electron chi connectivity index (χ1n) is 10.2. The van der Waals surface area contributed by atoms with Gasteiger partial charge in [0.05, 0.1) is 31.9 Å². The van der Waals surface area contributed by atoms with Crippen molar-refractivity contribution < 1.29 is 22.7 Å². The van der Waals surface area contributed by atoms with E-state index >= 15 is 0 Å². The van der Waals surface area contributed by atoms with Crippen molar-refractivity contribution >= 4 is 22.1 Å². The van der Waals surface area contributed by atoms with E-state index in [2.05, 4.69) is 10.5 Å². The van der Waals surface area contributed by atoms with Crippen LogP contribution in [0.25, 0.3) is 0 Å². The number of methoxy groups -OCH3 is 2. The molecule has 0 aliphatic carbocycles. The summed E-state index contributed by atoms with van der Waals surface area (Å²) in [4.78, 5) is 14.4. The Hall–Kier alpha value is -2.95. The minimum Gasteiger partial charge on any atom is -0.497 e. The van der Waals surface area contributed by atoms with E-state index in [1.165, 1.54) is 10.5 Å². The first kappa shape index (κ1) is 23.7. The Morgan fingerprint density at radius 2 is 1.75 bits per heavy atom. The molecule has 0 radical (unpaired) electrons. The number of hydrogen-bond donors (Lipinski definition) is 1. The number of aryl methyl sites for hydroxylation is 1. The molecule has 9 nitrogen and oxygen atoms in total. The fourth-order valence-electron chi connectivity index (χ4n) is 3.32. The highest BCUT2D eigenvalue weighted by molar-refractivity contribution is 7.89. The molecule has 1 N–H and O–H groups in total. The lowest BCUT2D eigenvalue weighted by Crippen LogP contribution is -2.50. The maximum Gasteiger partial charge on any atom is 0.254 e. The van der Waals surface area contributed by atoms with Crippen molar-refractivity contribution in [2.75, 3.05) is 46.9 Å². The number of sulfonamides is 1. The molecule has 0 saturated carbocycles. The highest BCUT2D eigenvalue weighted by Crippen LogP contribution is 2.23. The van der Waals surface area contributed by atoms with Gasteiger partial charge in [-0.15, -0.1) is 0 Å². The van der Waals surface area contributed by atoms with Gasteiger partial charge in [0.15, 0.2) is 0 Å². The summed E-state index contributed by atoms with van der Waals surface area (Å²) in [5, 5.41) is 3.99. The van der Waals surface area contributed by atoms with Crippen molar-refractivity contribution in [1.82, 2.24) is 14.6 Å². The number of carbonyl (C=O) groups excluding carboxylic acids is 1. The van der Waals surface area contributed by atoms with Crippen molar-refractivity contribution in [3.05, 3.63) is 53.6 Å². The van der Waals surface area contributed by atoms with E-state index in [4.69, 9.17) is 9.47 Å². The number of hydrogen-bond acceptors (Lipinski definition) is 7. The number of nitrogens with zero attached hydrogens (tertiary/aromatic N) is 3. The number of rotatable bonds is 8. The van der Waals surface area contributed by atoms with Crippen LogP contribution >= 0.6 is 0 Å². The summed E-state index contributed by atoms with van der Waals surface area (Å²) >= 11 is 0. The molecule has 2 aromatic rings. The topological polar surface area (TPSA) is 101 Å². The molecule has 32 heavy (non-hydrogen) atoms. The lowest BCUT2D eigenvalue weighted by Gasteiger charge is -2.33. The van der Waals surface area contributed by atoms with E-state index in [1.807, 2.05) is 11.8 Å². The summed E-state index contributed by atoms with van der Waals surface area (Å²) < 4.78 is 37.5. The summed E-state index contributed by atoms with van der Waals surface area (Å²) in [6.07, 6.45) is 1.50. The van der Waals surface area contributed by atoms with Crippen LogP contribution in [0.15, 0.2) is 52.5 Å². The van der Waals surface area contributed by atoms with Crippen LogP contribution in [0.5, 0.6) is 11.5 Å². The Balaban J connectivity index is 1.49. The van der Waals surface area contributed by atoms with Gasteiger partial charge in [0.1, 0.15) is 11.5 Å². The molecule has 0 bridgehead atoms. The molecule has 0 aromatic heterocycles. The molecule has 1 aliphatic rings. The highest BCUT2D eigenvalue weighted by Gasteiger charge is 2.28. The Morgan fingerprint density at radius 3 is 2.38 bits per heavy atom. The van der Waals surface area contributed by atoms with Crippen LogP contribution < -0.4 is 14.9 Å². The lowest BCUT2D eigenvalue weighted by atomic mass is 10.2. The average molecular weight is 461 g/mol. The van der Waals surface area contributed by atoms with E-state index < -0.39 is 10.0 Å². The van der Waals surface area contributed by atoms with Crippen LogP contribution in [-0.4, -0.2) is 76.7 Å². The Bertz CT molecular complexity index is 1060. The molecule has 172 valence electrons. The summed E-state index contributed by atoms with van der Waals surface area (Å²) in [5.41, 5.74) is 4.21. The molecule has 1 heterocycles. The minimum absolute atomic E-state index is 0.134. The number of benzene rings is 2. The largest absolute Gasteiger partial charge is 0.497 e. The maximum atomic E-state index is 12.8. The predicted molar refractivity (Wildman–Crippen MR) is 122 cm³/mol. The van der Waals surface area contributed by atoms with Gasteiger partial charge in [-0.2, -0.15) is 9.41 Å². The molecule has 3 rings (SSSR count). The van der Waals surface area contributed by atoms with Crippen LogP contribution in [-0.2, 0) is 14.8 Å². The summed E-state index contributed by atoms with van der Waals surface area (Å²) in [6, 6.07) is 12.1. The lowest BCUT2D eigenvalue weighted by molar-refractivity contribution is -0.122. The second-order valence-electron chi connectivity index (χ2n) is 7.39. The number of nitrogens with one attached hydrogen (secondary N) is 1. The summed E-state index contributed by atoms with van der Waals surface area (Å²) in [6.45, 7) is 3.64. The SMILES string of the molecule is COc1ccc(C=NNC(=O)CN2CCN(S(=O)(=O)c3ccc(C)cc3)CC2)c(OC)c1. The molecular formula is C22H28N4O5S. The van der Waals surface area contributed by atoms with Crippen molar-refractivity contribution in [2.45, 2.75) is 11.8 Å². The van der Waals surface area contributed by atoms with Crippen molar-refractivity contribution in [3.8, 4) is 11.5 Å². The fourth-order valence-corrected chi connectivity index (χ4v) is 4.75. The number of hydrazone groups is 1. The molecule has 0 atom stereocenters. The molecular weight excluding hydrogens is 432 g/mol. The van der Waals surface area contributed by atoms with E-state index in [0.29, 0.717) is 43.2 Å². The van der Waals surface area contributed by atoms with E-state index in [-0.39, 0.29) is 17.3 Å². The first-order valence-corrected chi connectivity index (χ1v) is 11.6. The van der Waals surface area contributed by atoms with Gasteiger partial charge in [0.25, 0.3) is 5.91 Å². The molecule has 1 fully saturated rings. The van der Waals surface area contributed by atoms with Gasteiger partial charge in [-0.25, -0.2) is 13.8 Å². The zero-order valence-electron chi connectivity index (χ0n) is 18.4. The van der Waals surface area contributed by atoms with Gasteiger partial charge in [0, 0.05) is 37.8 Å². The van der Waals surface area contributed by atoms with Gasteiger partial charge in [-0.1, -0.05) is 17.7 Å². The zero-order valence-corrected chi connectivity index (χ0v) is 19.3. The van der Waals surface area contributed by atoms with Crippen LogP contribution in [0.2, 0.25) is 0 Å². The summed E-state index contributed by atoms with van der Waals surface area (Å²) in [7, 11) is -0.410. The second-order valence-corrected chi connectivity index (χ2v) is 9.33. The molecule has 0 unspecified atom stereocenters. The quantitative estimate of drug-likeness (QED) is 0.473. The monoisotopic (exact) mass is 460 g/mol. The second kappa shape index (κ2) is 10.6. The fraction of sp³-hybridized carbons (Fsp3) is 0.364. The Kier molecular flexibility index (Phi) is 7.84. The van der Waals surface area contributed by atoms with Crippen LogP contribution in [0.3, 0.4) is 0 Å². The van der Waals surface area contributed by atoms with Gasteiger partial charge < -0.3 is 9.47 Å². The van der Waals surface area contributed by atoms with Gasteiger partial charge in [-0.05, 0) is 31.2 Å². The van der Waals surface area contributed by atoms with E-state index in [0.717, 1.165) is 5.56 Å².